The van der Waals surface area contributed by atoms with Crippen LogP contribution in [0, 0.1) is 0 Å². The van der Waals surface area contributed by atoms with Crippen LogP contribution in [0.1, 0.15) is 58.3 Å². The Hall–Kier alpha value is -1.10. The number of carbonyl (C=O) groups excluding carboxylic acids is 1. The molecule has 1 atom stereocenters. The minimum Gasteiger partial charge on any atom is -0.480 e. The topological polar surface area (TPSA) is 69.6 Å². The van der Waals surface area contributed by atoms with Crippen molar-refractivity contribution < 1.29 is 14.7 Å². The fourth-order valence-corrected chi connectivity index (χ4v) is 2.02. The van der Waals surface area contributed by atoms with Gasteiger partial charge in [0.2, 0.25) is 5.91 Å². The Morgan fingerprint density at radius 3 is 2.30 bits per heavy atom. The Bertz CT molecular complexity index is 280. The Labute approximate surface area is 122 Å². The van der Waals surface area contributed by atoms with E-state index in [2.05, 4.69) is 12.2 Å². The fourth-order valence-electron chi connectivity index (χ4n) is 2.02. The Morgan fingerprint density at radius 2 is 1.75 bits per heavy atom. The highest BCUT2D eigenvalue weighted by Crippen LogP contribution is 2.06. The number of nitrogens with zero attached hydrogens (tertiary/aromatic N) is 1. The maximum atomic E-state index is 11.7. The summed E-state index contributed by atoms with van der Waals surface area (Å²) in [6.45, 7) is 2.98. The molecule has 0 aromatic heterocycles. The van der Waals surface area contributed by atoms with Gasteiger partial charge < -0.3 is 15.3 Å². The lowest BCUT2D eigenvalue weighted by molar-refractivity contribution is -0.142. The highest BCUT2D eigenvalue weighted by atomic mass is 16.4. The lowest BCUT2D eigenvalue weighted by Crippen LogP contribution is -2.41. The second kappa shape index (κ2) is 11.7. The molecule has 0 aliphatic rings. The zero-order valence-electron chi connectivity index (χ0n) is 13.2. The molecule has 20 heavy (non-hydrogen) atoms. The van der Waals surface area contributed by atoms with Gasteiger partial charge in [0.25, 0.3) is 0 Å². The second-order valence-corrected chi connectivity index (χ2v) is 5.57. The van der Waals surface area contributed by atoms with Crippen molar-refractivity contribution in [3.63, 3.8) is 0 Å². The summed E-state index contributed by atoms with van der Waals surface area (Å²) in [4.78, 5) is 24.8. The normalized spacial score (nSPS) is 12.4. The third-order valence-corrected chi connectivity index (χ3v) is 3.24. The number of aliphatic carboxylic acids is 1. The number of nitrogens with one attached hydrogen (secondary N) is 1. The second-order valence-electron chi connectivity index (χ2n) is 5.57. The molecule has 0 rings (SSSR count). The largest absolute Gasteiger partial charge is 0.480 e. The van der Waals surface area contributed by atoms with E-state index >= 15 is 0 Å². The van der Waals surface area contributed by atoms with Crippen LogP contribution in [0.5, 0.6) is 0 Å². The van der Waals surface area contributed by atoms with Gasteiger partial charge in [-0.1, -0.05) is 32.6 Å². The molecule has 0 unspecified atom stereocenters. The summed E-state index contributed by atoms with van der Waals surface area (Å²) >= 11 is 0. The molecule has 0 spiro atoms. The van der Waals surface area contributed by atoms with Gasteiger partial charge in [-0.15, -0.1) is 0 Å². The molecular formula is C15H30N2O3. The number of amides is 1. The Kier molecular flexibility index (Phi) is 11.1. The van der Waals surface area contributed by atoms with Crippen molar-refractivity contribution in [2.45, 2.75) is 64.3 Å². The van der Waals surface area contributed by atoms with Crippen LogP contribution in [0.3, 0.4) is 0 Å². The summed E-state index contributed by atoms with van der Waals surface area (Å²) in [5.74, 6) is -1.08. The number of carboxylic acid groups (broad SMARTS) is 1. The van der Waals surface area contributed by atoms with E-state index in [0.29, 0.717) is 12.8 Å². The zero-order chi connectivity index (χ0) is 15.4. The Morgan fingerprint density at radius 1 is 1.10 bits per heavy atom. The summed E-state index contributed by atoms with van der Waals surface area (Å²) in [6, 6.07) is -0.752. The van der Waals surface area contributed by atoms with Crippen LogP contribution >= 0.6 is 0 Å². The lowest BCUT2D eigenvalue weighted by atomic mass is 10.1. The first-order valence-corrected chi connectivity index (χ1v) is 7.64. The minimum atomic E-state index is -0.942. The molecule has 0 fully saturated rings. The molecule has 0 saturated carbocycles. The summed E-state index contributed by atoms with van der Waals surface area (Å²) < 4.78 is 0. The predicted octanol–water partition coefficient (Wildman–Crippen LogP) is 2.26. The Balaban J connectivity index is 3.87. The first-order valence-electron chi connectivity index (χ1n) is 7.64. The molecule has 0 radical (unpaired) electrons. The molecule has 0 aromatic rings. The molecular weight excluding hydrogens is 256 g/mol. The molecule has 0 aliphatic heterocycles. The molecule has 0 saturated heterocycles. The molecule has 0 heterocycles. The highest BCUT2D eigenvalue weighted by molar-refractivity contribution is 5.83. The monoisotopic (exact) mass is 286 g/mol. The van der Waals surface area contributed by atoms with Crippen molar-refractivity contribution in [3.05, 3.63) is 0 Å². The van der Waals surface area contributed by atoms with E-state index in [1.165, 1.54) is 12.8 Å². The van der Waals surface area contributed by atoms with Crippen molar-refractivity contribution in [2.75, 3.05) is 20.6 Å². The first-order chi connectivity index (χ1) is 9.47. The average Bonchev–Trinajstić information content (AvgIpc) is 2.36. The van der Waals surface area contributed by atoms with E-state index in [9.17, 15) is 9.59 Å². The first kappa shape index (κ1) is 18.9. The minimum absolute atomic E-state index is 0.140. The fraction of sp³-hybridized carbons (Fsp3) is 0.867. The third-order valence-electron chi connectivity index (χ3n) is 3.24. The summed E-state index contributed by atoms with van der Waals surface area (Å²) in [5, 5.41) is 11.7. The molecule has 2 N–H and O–H groups in total. The number of hydrogen-bond donors (Lipinski definition) is 2. The van der Waals surface area contributed by atoms with Crippen LogP contribution in [0.15, 0.2) is 0 Å². The number of carboxylic acids is 1. The van der Waals surface area contributed by atoms with Crippen molar-refractivity contribution in [1.82, 2.24) is 10.2 Å². The average molecular weight is 286 g/mol. The van der Waals surface area contributed by atoms with Crippen LogP contribution in [0.25, 0.3) is 0 Å². The highest BCUT2D eigenvalue weighted by Gasteiger charge is 2.19. The van der Waals surface area contributed by atoms with Gasteiger partial charge in [-0.25, -0.2) is 4.79 Å². The molecule has 118 valence electrons. The molecule has 0 aliphatic carbocycles. The number of carbonyl (C=O) groups is 2. The van der Waals surface area contributed by atoms with Gasteiger partial charge in [-0.05, 0) is 39.9 Å². The van der Waals surface area contributed by atoms with E-state index in [4.69, 9.17) is 5.11 Å². The quantitative estimate of drug-likeness (QED) is 0.540. The summed E-state index contributed by atoms with van der Waals surface area (Å²) in [7, 11) is 3.90. The van der Waals surface area contributed by atoms with Crippen LogP contribution in [0.4, 0.5) is 0 Å². The van der Waals surface area contributed by atoms with Crippen LogP contribution in [-0.2, 0) is 9.59 Å². The van der Waals surface area contributed by atoms with Crippen molar-refractivity contribution in [1.29, 1.82) is 0 Å². The summed E-state index contributed by atoms with van der Waals surface area (Å²) in [6.07, 6.45) is 7.09. The van der Waals surface area contributed by atoms with Crippen LogP contribution in [-0.4, -0.2) is 48.6 Å². The van der Waals surface area contributed by atoms with Gasteiger partial charge in [0.1, 0.15) is 6.04 Å². The summed E-state index contributed by atoms with van der Waals surface area (Å²) in [5.41, 5.74) is 0. The molecule has 5 nitrogen and oxygen atoms in total. The molecule has 1 amide bonds. The molecule has 5 heteroatoms. The maximum Gasteiger partial charge on any atom is 0.326 e. The van der Waals surface area contributed by atoms with E-state index in [-0.39, 0.29) is 5.91 Å². The number of rotatable bonds is 12. The van der Waals surface area contributed by atoms with Gasteiger partial charge in [0, 0.05) is 6.42 Å². The van der Waals surface area contributed by atoms with Gasteiger partial charge in [-0.3, -0.25) is 4.79 Å². The standard InChI is InChI=1S/C15H30N2O3/c1-4-5-6-7-8-11-14(18)16-13(15(19)20)10-9-12-17(2)3/h13H,4-12H2,1-3H3,(H,16,18)(H,19,20)/t13-/m0/s1. The van der Waals surface area contributed by atoms with E-state index in [0.717, 1.165) is 32.2 Å². The SMILES string of the molecule is CCCCCCCC(=O)N[C@@H](CCCN(C)C)C(=O)O. The predicted molar refractivity (Wildman–Crippen MR) is 80.7 cm³/mol. The zero-order valence-corrected chi connectivity index (χ0v) is 13.2. The lowest BCUT2D eigenvalue weighted by Gasteiger charge is -2.16. The van der Waals surface area contributed by atoms with E-state index in [1.54, 1.807) is 0 Å². The van der Waals surface area contributed by atoms with Gasteiger partial charge in [0.15, 0.2) is 0 Å². The van der Waals surface area contributed by atoms with Crippen molar-refractivity contribution >= 4 is 11.9 Å². The van der Waals surface area contributed by atoms with Crippen molar-refractivity contribution in [2.24, 2.45) is 0 Å². The van der Waals surface area contributed by atoms with Crippen LogP contribution in [0.2, 0.25) is 0 Å². The smallest absolute Gasteiger partial charge is 0.326 e. The number of unbranched alkanes of at least 4 members (excludes halogenated alkanes) is 4. The number of hydrogen-bond acceptors (Lipinski definition) is 3. The molecule has 0 aromatic carbocycles. The molecule has 0 bridgehead atoms. The maximum absolute atomic E-state index is 11.7. The van der Waals surface area contributed by atoms with E-state index < -0.39 is 12.0 Å². The van der Waals surface area contributed by atoms with Crippen molar-refractivity contribution in [3.8, 4) is 0 Å². The van der Waals surface area contributed by atoms with Crippen LogP contribution < -0.4 is 5.32 Å². The third kappa shape index (κ3) is 10.8. The van der Waals surface area contributed by atoms with Gasteiger partial charge in [-0.2, -0.15) is 0 Å². The van der Waals surface area contributed by atoms with E-state index in [1.807, 2.05) is 19.0 Å². The van der Waals surface area contributed by atoms with Gasteiger partial charge in [0.05, 0.1) is 0 Å². The van der Waals surface area contributed by atoms with Gasteiger partial charge >= 0.3 is 5.97 Å².